The number of hydrogen-bond donors (Lipinski definition) is 0. The van der Waals surface area contributed by atoms with Crippen molar-refractivity contribution in [3.05, 3.63) is 260 Å². The van der Waals surface area contributed by atoms with Crippen LogP contribution in [0.3, 0.4) is 0 Å². The fraction of sp³-hybridized carbons (Fsp3) is 0.487. The summed E-state index contributed by atoms with van der Waals surface area (Å²) >= 11 is 0. The van der Waals surface area contributed by atoms with Crippen LogP contribution >= 0.6 is 0 Å². The van der Waals surface area contributed by atoms with Crippen LogP contribution in [-0.4, -0.2) is 201 Å². The fourth-order valence-corrected chi connectivity index (χ4v) is 13.4. The van der Waals surface area contributed by atoms with Crippen molar-refractivity contribution in [2.24, 2.45) is 16.7 Å². The minimum Gasteiger partial charge on any atom is -0.248 e. The Kier molecular flexibility index (Phi) is 46.1. The first-order valence-corrected chi connectivity index (χ1v) is 71.7. The highest BCUT2D eigenvalue weighted by Gasteiger charge is 2.46. The summed E-state index contributed by atoms with van der Waals surface area (Å²) in [6, 6.07) is 81.1. The third-order valence-electron chi connectivity index (χ3n) is 16.0. The van der Waals surface area contributed by atoms with Crippen molar-refractivity contribution in [2.75, 3.05) is 0 Å². The van der Waals surface area contributed by atoms with Crippen LogP contribution in [0.5, 0.6) is 0 Å². The van der Waals surface area contributed by atoms with Crippen molar-refractivity contribution in [1.82, 2.24) is 34.9 Å². The Balaban J connectivity index is -0.000000503. The molecule has 0 aliphatic rings. The van der Waals surface area contributed by atoms with Crippen molar-refractivity contribution in [3.63, 3.8) is 0 Å². The van der Waals surface area contributed by atoms with Crippen molar-refractivity contribution >= 4 is 129 Å². The van der Waals surface area contributed by atoms with E-state index < -0.39 is 225 Å². The first-order chi connectivity index (χ1) is 86.0. The van der Waals surface area contributed by atoms with Gasteiger partial charge in [0.2, 0.25) is 0 Å². The van der Waals surface area contributed by atoms with Crippen molar-refractivity contribution < 1.29 is 55.7 Å². The van der Waals surface area contributed by atoms with E-state index in [9.17, 15) is 13.2 Å². The van der Waals surface area contributed by atoms with Crippen LogP contribution in [-0.2, 0) is 19.1 Å². The molecule has 8 aromatic carbocycles. The highest BCUT2D eigenvalue weighted by molar-refractivity contribution is 6.74. The number of alkyl halides is 3. The lowest BCUT2D eigenvalue weighted by molar-refractivity contribution is -0.204. The van der Waals surface area contributed by atoms with Crippen LogP contribution in [0.25, 0.3) is 90.2 Å². The van der Waals surface area contributed by atoms with E-state index in [4.69, 9.17) is 93.3 Å². The second kappa shape index (κ2) is 92.9. The van der Waals surface area contributed by atoms with Gasteiger partial charge in [0.05, 0.1) is 39.6 Å². The zero-order valence-electron chi connectivity index (χ0n) is 145. The Morgan fingerprint density at radius 1 is 0.417 bits per heavy atom. The summed E-state index contributed by atoms with van der Waals surface area (Å²) in [7, 11) is -38.1. The number of halogens is 3. The van der Waals surface area contributed by atoms with Crippen LogP contribution in [0.4, 0.5) is 13.2 Å². The van der Waals surface area contributed by atoms with Crippen molar-refractivity contribution in [1.29, 1.82) is 30.9 Å². The summed E-state index contributed by atoms with van der Waals surface area (Å²) in [6.07, 6.45) is -8.91. The third kappa shape index (κ3) is 78.8. The summed E-state index contributed by atoms with van der Waals surface area (Å²) in [5.41, 5.74) is 10.6. The third-order valence-corrected chi connectivity index (χ3v) is 23.5. The van der Waals surface area contributed by atoms with E-state index in [1.54, 1.807) is 45.8 Å². The minimum atomic E-state index is -4.30. The van der Waals surface area contributed by atoms with Gasteiger partial charge in [-0.3, -0.25) is 0 Å². The monoisotopic (exact) mass is 2190 g/mol. The molecule has 780 valence electrons. The van der Waals surface area contributed by atoms with Gasteiger partial charge in [-0.1, -0.05) is 564 Å². The van der Waals surface area contributed by atoms with Gasteiger partial charge in [0.1, 0.15) is 11.6 Å². The number of aromatic nitrogens is 7. The molecule has 0 fully saturated rings. The van der Waals surface area contributed by atoms with E-state index in [-0.39, 0.29) is 28.6 Å². The second-order valence-electron chi connectivity index (χ2n) is 32.9. The molecule has 0 saturated heterocycles. The molecular formula is C115H208F3N7Si14. The van der Waals surface area contributed by atoms with Gasteiger partial charge in [0.15, 0.2) is 11.6 Å². The quantitative estimate of drug-likeness (QED) is 0.0589. The molecule has 3 aromatic heterocycles. The van der Waals surface area contributed by atoms with Gasteiger partial charge in [0, 0.05) is 250 Å². The van der Waals surface area contributed by atoms with Gasteiger partial charge in [-0.2, -0.15) is 13.2 Å². The van der Waals surface area contributed by atoms with E-state index in [1.807, 2.05) is 290 Å². The van der Waals surface area contributed by atoms with E-state index in [1.165, 1.54) is 60.1 Å². The molecule has 0 radical (unpaired) electrons. The number of benzene rings is 8. The lowest BCUT2D eigenvalue weighted by Crippen LogP contribution is -2.32. The molecule has 11 rings (SSSR count). The average Bonchev–Trinajstić information content (AvgIpc) is 0.757. The van der Waals surface area contributed by atoms with Gasteiger partial charge in [0.25, 0.3) is 0 Å². The molecule has 0 amide bonds. The Morgan fingerprint density at radius 2 is 0.748 bits per heavy atom. The summed E-state index contributed by atoms with van der Waals surface area (Å²) in [5, 5.41) is 0. The molecule has 0 aliphatic heterocycles. The average molecular weight is 2200 g/mol. The van der Waals surface area contributed by atoms with Crippen LogP contribution in [0.1, 0.15) is 183 Å². The van der Waals surface area contributed by atoms with Crippen LogP contribution in [0.15, 0.2) is 243 Å². The number of hydrogen-bond acceptors (Lipinski definition) is 7. The number of nitrogens with zero attached hydrogens (tertiary/aromatic N) is 7. The predicted octanol–water partition coefficient (Wildman–Crippen LogP) is 29.4. The largest absolute Gasteiger partial charge is 0.393 e. The zero-order chi connectivity index (χ0) is 156. The van der Waals surface area contributed by atoms with Gasteiger partial charge < -0.3 is 0 Å². The van der Waals surface area contributed by atoms with Crippen LogP contribution < -0.4 is 0 Å². The second-order valence-corrected chi connectivity index (χ2v) is 51.1. The van der Waals surface area contributed by atoms with Crippen LogP contribution in [0, 0.1) is 16.7 Å². The van der Waals surface area contributed by atoms with E-state index in [2.05, 4.69) is 49.6 Å². The topological polar surface area (TPSA) is 90.2 Å². The van der Waals surface area contributed by atoms with E-state index >= 15 is 0 Å². The normalized spacial score (nSPS) is 18.5. The maximum atomic E-state index is 12.2. The fourth-order valence-electron chi connectivity index (χ4n) is 9.80. The molecule has 0 spiro atoms. The SMILES string of the molecule is [2H]C([2H])(C)c1nc(-c2ccccc2)c(-c2ccccc2)c(-c2ccccc2)n1.[2H]C([2H])(C)c1nc(-c2ccccc2)c(-c2ccccc2)nc1-c1ccccc1.[2H]C([2H])(C)c1nc(-c2ccccc2)nc(-c2ccccc2)n1.[2H]C([2H])([2H])C([2H])([2H])[Si]([2H])([2H])C.[2H]C([2H])([2H])CC([2H])([2H])[Si]([2H])([2H])C.[2H]C([2H])([2H])[Si](C)(C)C([2H])([2H])[2H].[2H]C([2H])([2H])[Si]([2H])(C)C([2H])([2H])[2H].[2H]C([2H])([2H])[Si]([2H])([2H])C.[2H][Si](C)(C)C.[2H][Si]([2H])(C)C.[2H][Si]([2H])(C)C(C)C.[2H][Si]([2H])(C)CC.[2H][Si]([2H])(C)CC(C)(C)C.[2H][Si]([2H])(C)CC(C)(C)C(F)(F)F.[2H][Si]([2H])(C)CC(C)C.[2H][Si]([2H])(C)CCC.[2H][Si]([2H])([2H])C. The molecule has 11 aromatic rings. The Hall–Kier alpha value is -6.24. The van der Waals surface area contributed by atoms with Crippen molar-refractivity contribution in [2.45, 2.75) is 347 Å². The summed E-state index contributed by atoms with van der Waals surface area (Å²) in [6.45, 7) is 35.1. The van der Waals surface area contributed by atoms with Crippen LogP contribution in [0.2, 0.25) is 198 Å². The predicted molar refractivity (Wildman–Crippen MR) is 681 cm³/mol. The van der Waals surface area contributed by atoms with Crippen molar-refractivity contribution in [3.8, 4) is 90.2 Å². The standard InChI is InChI=1S/2C24H20N2.C17H15N3.C6H13F3Si.C6H16Si.C5H14Si.4C4H12Si.4C3H10Si.2C2H8Si.CH6Si/c1-2-21-25-23(19-14-8-4-9-15-19)22(18-12-6-3-7-13-18)24(26-21)20-16-10-5-11-17-20;1-2-21-22(18-12-6-3-7-13-18)26-24(20-16-10-5-11-17-20)23(25-21)19-14-8-4-9-15-19;1-2-15-18-16(13-9-5-3-6-10-13)20-17(19-15)14-11-7-4-8-12-14;1-5(2,4-10-3)6(7,8)9;1-6(2,3)5-7-4;1-5(2)4-6-3;1-5(2,3)4;1-4(2)5-3;2*1-3-4-5-2;2*1-4(2)3;2*1-3-4-2;2*1-3-2;1-2/h2*3-17H,2H2,1H3;3-12H,2H2,1H3;4,10H2,1-3H3;5,7H2,1-4H3;5H,4,6H2,1-3H3;1-4H3;4H,5H2,1-3H3;2*3-5H2,1-2H3;2*4H,1-3H3;2*3-4H2,1-2H3;2*3H2,1-2H3;1-2H3/i3*2D2;10D2;7D2;6D2;1D3,2D3;5D2;1D3,4D2,5D2;5D2;1D3,2D3,4D;4D;1D3,3D2,4D2;4D2;1D3,3D2;3D2;2D3. The van der Waals surface area contributed by atoms with Gasteiger partial charge in [-0.15, -0.1) is 0 Å². The zero-order valence-corrected chi connectivity index (χ0v) is 103. The molecule has 0 aliphatic carbocycles. The first kappa shape index (κ1) is 69.0. The van der Waals surface area contributed by atoms with E-state index in [0.29, 0.717) is 34.6 Å². The Labute approximate surface area is 960 Å². The molecule has 0 saturated carbocycles. The lowest BCUT2D eigenvalue weighted by Gasteiger charge is -2.26. The molecular weight excluding hydrogens is 1930 g/mol. The smallest absolute Gasteiger partial charge is 0.248 e. The maximum Gasteiger partial charge on any atom is 0.393 e. The van der Waals surface area contributed by atoms with Gasteiger partial charge >= 0.3 is 6.18 Å². The summed E-state index contributed by atoms with van der Waals surface area (Å²) in [4.78, 5) is 32.3. The molecule has 0 unspecified atom stereocenters. The van der Waals surface area contributed by atoms with Gasteiger partial charge in [-0.05, 0) is 33.4 Å². The minimum absolute atomic E-state index is 0.139. The lowest BCUT2D eigenvalue weighted by atomic mass is 9.94. The number of aryl methyl sites for hydroxylation is 3. The highest BCUT2D eigenvalue weighted by Crippen LogP contribution is 2.41. The van der Waals surface area contributed by atoms with E-state index in [0.717, 1.165) is 125 Å². The Morgan fingerprint density at radius 3 is 0.935 bits per heavy atom. The summed E-state index contributed by atoms with van der Waals surface area (Å²) in [5.74, 6) is -3.00. The molecule has 24 heteroatoms. The number of rotatable bonds is 23. The maximum absolute atomic E-state index is 12.2. The first-order valence-electron chi connectivity index (χ1n) is 74.1. The molecule has 139 heavy (non-hydrogen) atoms. The molecule has 7 nitrogen and oxygen atoms in total. The molecule has 0 N–H and O–H groups in total. The summed E-state index contributed by atoms with van der Waals surface area (Å²) < 4.78 is 433. The Bertz CT molecular complexity index is 6660. The molecule has 0 bridgehead atoms. The molecule has 0 atom stereocenters. The van der Waals surface area contributed by atoms with Gasteiger partial charge in [-0.25, -0.2) is 34.9 Å². The highest BCUT2D eigenvalue weighted by atomic mass is 28.3. The molecule has 3 heterocycles.